The fourth-order valence-corrected chi connectivity index (χ4v) is 3.34. The maximum atomic E-state index is 12.5. The minimum Gasteiger partial charge on any atom is -0.479 e. The Kier molecular flexibility index (Phi) is 4.56. The number of aliphatic carboxylic acids is 1. The predicted octanol–water partition coefficient (Wildman–Crippen LogP) is 3.62. The number of aryl methyl sites for hydroxylation is 1. The molecule has 0 aromatic heterocycles. The summed E-state index contributed by atoms with van der Waals surface area (Å²) in [6.07, 6.45) is 1.63. The van der Waals surface area contributed by atoms with Crippen LogP contribution in [-0.2, 0) is 4.79 Å². The van der Waals surface area contributed by atoms with E-state index in [0.29, 0.717) is 31.5 Å². The van der Waals surface area contributed by atoms with Gasteiger partial charge in [-0.2, -0.15) is 0 Å². The molecule has 5 nitrogen and oxygen atoms in total. The number of rotatable bonds is 3. The van der Waals surface area contributed by atoms with Crippen LogP contribution in [0.25, 0.3) is 0 Å². The molecule has 1 fully saturated rings. The molecule has 2 N–H and O–H groups in total. The number of halogens is 1. The Hall–Kier alpha value is -1.56. The Morgan fingerprint density at radius 1 is 1.48 bits per heavy atom. The Labute approximate surface area is 132 Å². The van der Waals surface area contributed by atoms with E-state index in [2.05, 4.69) is 21.2 Å². The van der Waals surface area contributed by atoms with Gasteiger partial charge in [0.15, 0.2) is 0 Å². The number of nitrogens with one attached hydrogen (secondary N) is 1. The van der Waals surface area contributed by atoms with Crippen LogP contribution in [-0.4, -0.2) is 34.1 Å². The van der Waals surface area contributed by atoms with Crippen molar-refractivity contribution in [2.45, 2.75) is 38.6 Å². The number of urea groups is 1. The van der Waals surface area contributed by atoms with Gasteiger partial charge in [-0.05, 0) is 49.9 Å². The highest BCUT2D eigenvalue weighted by molar-refractivity contribution is 9.10. The van der Waals surface area contributed by atoms with Gasteiger partial charge in [-0.25, -0.2) is 9.59 Å². The minimum absolute atomic E-state index is 0.345. The smallest absolute Gasteiger partial charge is 0.329 e. The van der Waals surface area contributed by atoms with Crippen LogP contribution >= 0.6 is 15.9 Å². The van der Waals surface area contributed by atoms with Gasteiger partial charge in [-0.1, -0.05) is 22.9 Å². The van der Waals surface area contributed by atoms with Crippen molar-refractivity contribution in [3.05, 3.63) is 28.2 Å². The summed E-state index contributed by atoms with van der Waals surface area (Å²) < 4.78 is 0.938. The lowest BCUT2D eigenvalue weighted by Gasteiger charge is -2.34. The number of anilines is 1. The van der Waals surface area contributed by atoms with Crippen LogP contribution in [0.15, 0.2) is 22.7 Å². The fraction of sp³-hybridized carbons (Fsp3) is 0.467. The van der Waals surface area contributed by atoms with Gasteiger partial charge >= 0.3 is 12.0 Å². The van der Waals surface area contributed by atoms with E-state index in [1.165, 1.54) is 4.90 Å². The SMILES string of the molecule is CCC1(C(=O)O)CCCN1C(=O)Nc1ccc(Br)cc1C. The lowest BCUT2D eigenvalue weighted by atomic mass is 9.93. The van der Waals surface area contributed by atoms with Crippen molar-refractivity contribution in [3.63, 3.8) is 0 Å². The monoisotopic (exact) mass is 354 g/mol. The van der Waals surface area contributed by atoms with Crippen molar-refractivity contribution in [1.82, 2.24) is 4.90 Å². The molecule has 1 aliphatic heterocycles. The number of carboxylic acid groups (broad SMARTS) is 1. The van der Waals surface area contributed by atoms with Crippen LogP contribution in [0.2, 0.25) is 0 Å². The zero-order valence-corrected chi connectivity index (χ0v) is 13.7. The number of benzene rings is 1. The van der Waals surface area contributed by atoms with Crippen LogP contribution in [0.1, 0.15) is 31.7 Å². The van der Waals surface area contributed by atoms with Gasteiger partial charge in [-0.15, -0.1) is 0 Å². The van der Waals surface area contributed by atoms with Gasteiger partial charge in [0.25, 0.3) is 0 Å². The largest absolute Gasteiger partial charge is 0.479 e. The topological polar surface area (TPSA) is 69.6 Å². The predicted molar refractivity (Wildman–Crippen MR) is 84.5 cm³/mol. The van der Waals surface area contributed by atoms with Crippen molar-refractivity contribution in [3.8, 4) is 0 Å². The first-order chi connectivity index (χ1) is 9.90. The van der Waals surface area contributed by atoms with Gasteiger partial charge in [0.2, 0.25) is 0 Å². The highest BCUT2D eigenvalue weighted by atomic mass is 79.9. The number of hydrogen-bond donors (Lipinski definition) is 2. The lowest BCUT2D eigenvalue weighted by Crippen LogP contribution is -2.54. The molecule has 1 aromatic carbocycles. The van der Waals surface area contributed by atoms with Gasteiger partial charge < -0.3 is 15.3 Å². The van der Waals surface area contributed by atoms with Crippen molar-refractivity contribution < 1.29 is 14.7 Å². The molecule has 1 aromatic rings. The molecule has 0 aliphatic carbocycles. The molecule has 6 heteroatoms. The molecule has 114 valence electrons. The van der Waals surface area contributed by atoms with Crippen LogP contribution in [0.4, 0.5) is 10.5 Å². The fourth-order valence-electron chi connectivity index (χ4n) is 2.87. The van der Waals surface area contributed by atoms with Crippen LogP contribution < -0.4 is 5.32 Å². The highest BCUT2D eigenvalue weighted by Gasteiger charge is 2.48. The molecule has 1 aliphatic rings. The van der Waals surface area contributed by atoms with Crippen molar-refractivity contribution in [2.75, 3.05) is 11.9 Å². The number of carboxylic acids is 1. The number of carbonyl (C=O) groups excluding carboxylic acids is 1. The molecule has 0 spiro atoms. The molecule has 2 rings (SSSR count). The zero-order chi connectivity index (χ0) is 15.6. The number of carbonyl (C=O) groups is 2. The third-order valence-corrected chi connectivity index (χ3v) is 4.64. The third-order valence-electron chi connectivity index (χ3n) is 4.15. The Balaban J connectivity index is 2.21. The first-order valence-corrected chi connectivity index (χ1v) is 7.78. The Bertz CT molecular complexity index is 576. The second-order valence-electron chi connectivity index (χ2n) is 5.33. The quantitative estimate of drug-likeness (QED) is 0.870. The van der Waals surface area contributed by atoms with Crippen molar-refractivity contribution in [1.29, 1.82) is 0 Å². The molecule has 1 heterocycles. The summed E-state index contributed by atoms with van der Waals surface area (Å²) in [7, 11) is 0. The summed E-state index contributed by atoms with van der Waals surface area (Å²) in [6.45, 7) is 4.18. The van der Waals surface area contributed by atoms with E-state index in [1.54, 1.807) is 0 Å². The Morgan fingerprint density at radius 2 is 2.19 bits per heavy atom. The first kappa shape index (κ1) is 15.8. The zero-order valence-electron chi connectivity index (χ0n) is 12.1. The summed E-state index contributed by atoms with van der Waals surface area (Å²) in [5.74, 6) is -0.926. The molecule has 21 heavy (non-hydrogen) atoms. The number of likely N-dealkylation sites (tertiary alicyclic amines) is 1. The summed E-state index contributed by atoms with van der Waals surface area (Å²) in [4.78, 5) is 25.5. The lowest BCUT2D eigenvalue weighted by molar-refractivity contribution is -0.148. The molecule has 0 radical (unpaired) electrons. The maximum absolute atomic E-state index is 12.5. The summed E-state index contributed by atoms with van der Waals surface area (Å²) in [6, 6.07) is 5.21. The molecule has 0 bridgehead atoms. The van der Waals surface area contributed by atoms with E-state index in [9.17, 15) is 14.7 Å². The molecular weight excluding hydrogens is 336 g/mol. The van der Waals surface area contributed by atoms with E-state index in [0.717, 1.165) is 10.0 Å². The summed E-state index contributed by atoms with van der Waals surface area (Å²) in [5.41, 5.74) is 0.549. The molecule has 1 atom stereocenters. The van der Waals surface area contributed by atoms with Crippen LogP contribution in [0.5, 0.6) is 0 Å². The van der Waals surface area contributed by atoms with Crippen LogP contribution in [0.3, 0.4) is 0 Å². The second kappa shape index (κ2) is 6.05. The van der Waals surface area contributed by atoms with E-state index < -0.39 is 11.5 Å². The van der Waals surface area contributed by atoms with Gasteiger partial charge in [0.05, 0.1) is 0 Å². The van der Waals surface area contributed by atoms with Gasteiger partial charge in [0.1, 0.15) is 5.54 Å². The van der Waals surface area contributed by atoms with Crippen molar-refractivity contribution in [2.24, 2.45) is 0 Å². The van der Waals surface area contributed by atoms with Crippen LogP contribution in [0, 0.1) is 6.92 Å². The van der Waals surface area contributed by atoms with E-state index in [1.807, 2.05) is 32.0 Å². The number of amides is 2. The van der Waals surface area contributed by atoms with Crippen molar-refractivity contribution >= 4 is 33.6 Å². The first-order valence-electron chi connectivity index (χ1n) is 6.99. The summed E-state index contributed by atoms with van der Waals surface area (Å²) in [5, 5.41) is 12.3. The molecule has 1 saturated heterocycles. The van der Waals surface area contributed by atoms with E-state index in [-0.39, 0.29) is 6.03 Å². The van der Waals surface area contributed by atoms with Gasteiger partial charge in [0, 0.05) is 16.7 Å². The molecule has 2 amide bonds. The molecular formula is C15H19BrN2O3. The van der Waals surface area contributed by atoms with E-state index in [4.69, 9.17) is 0 Å². The highest BCUT2D eigenvalue weighted by Crippen LogP contribution is 2.33. The van der Waals surface area contributed by atoms with E-state index >= 15 is 0 Å². The molecule has 1 unspecified atom stereocenters. The van der Waals surface area contributed by atoms with Gasteiger partial charge in [-0.3, -0.25) is 0 Å². The maximum Gasteiger partial charge on any atom is 0.329 e. The minimum atomic E-state index is -1.08. The summed E-state index contributed by atoms with van der Waals surface area (Å²) >= 11 is 3.38. The third kappa shape index (κ3) is 2.90. The normalized spacial score (nSPS) is 21.4. The Morgan fingerprint density at radius 3 is 2.76 bits per heavy atom. The number of hydrogen-bond acceptors (Lipinski definition) is 2. The average molecular weight is 355 g/mol. The second-order valence-corrected chi connectivity index (χ2v) is 6.25. The standard InChI is InChI=1S/C15H19BrN2O3/c1-3-15(13(19)20)7-4-8-18(15)14(21)17-12-6-5-11(16)9-10(12)2/h5-6,9H,3-4,7-8H2,1-2H3,(H,17,21)(H,19,20). The molecule has 0 saturated carbocycles. The number of nitrogens with zero attached hydrogens (tertiary/aromatic N) is 1. The average Bonchev–Trinajstić information content (AvgIpc) is 2.87.